The summed E-state index contributed by atoms with van der Waals surface area (Å²) in [7, 11) is 0. The van der Waals surface area contributed by atoms with Gasteiger partial charge in [-0.3, -0.25) is 0 Å². The van der Waals surface area contributed by atoms with Crippen LogP contribution in [-0.2, 0) is 13.0 Å². The standard InChI is InChI=1S/C10H20N4/c1-4-6-9-10(11)12-13-14(9)7-8(3)5-2/h8H,4-7,11H2,1-3H3. The molecule has 1 aromatic heterocycles. The van der Waals surface area contributed by atoms with Gasteiger partial charge in [0.15, 0.2) is 5.82 Å². The molecule has 0 aliphatic carbocycles. The summed E-state index contributed by atoms with van der Waals surface area (Å²) in [4.78, 5) is 0. The zero-order valence-corrected chi connectivity index (χ0v) is 9.32. The fraction of sp³-hybridized carbons (Fsp3) is 0.800. The van der Waals surface area contributed by atoms with Crippen LogP contribution in [0.5, 0.6) is 0 Å². The van der Waals surface area contributed by atoms with Gasteiger partial charge in [-0.2, -0.15) is 0 Å². The molecule has 1 rings (SSSR count). The maximum absolute atomic E-state index is 5.75. The zero-order valence-electron chi connectivity index (χ0n) is 9.32. The lowest BCUT2D eigenvalue weighted by Crippen LogP contribution is -2.12. The van der Waals surface area contributed by atoms with Crippen LogP contribution in [-0.4, -0.2) is 15.0 Å². The Morgan fingerprint density at radius 2 is 2.14 bits per heavy atom. The van der Waals surface area contributed by atoms with Crippen molar-refractivity contribution in [1.82, 2.24) is 15.0 Å². The van der Waals surface area contributed by atoms with E-state index >= 15 is 0 Å². The minimum atomic E-state index is 0.593. The molecule has 80 valence electrons. The molecule has 1 atom stereocenters. The summed E-state index contributed by atoms with van der Waals surface area (Å²) in [5, 5.41) is 7.98. The Kier molecular flexibility index (Phi) is 3.92. The largest absolute Gasteiger partial charge is 0.381 e. The summed E-state index contributed by atoms with van der Waals surface area (Å²) in [6, 6.07) is 0. The van der Waals surface area contributed by atoms with Crippen LogP contribution in [0.1, 0.15) is 39.3 Å². The third kappa shape index (κ3) is 2.47. The molecule has 1 aromatic rings. The minimum Gasteiger partial charge on any atom is -0.381 e. The van der Waals surface area contributed by atoms with Gasteiger partial charge in [0.25, 0.3) is 0 Å². The lowest BCUT2D eigenvalue weighted by atomic mass is 10.1. The summed E-state index contributed by atoms with van der Waals surface area (Å²) in [6.45, 7) is 7.47. The third-order valence-electron chi connectivity index (χ3n) is 2.54. The van der Waals surface area contributed by atoms with Gasteiger partial charge in [0.1, 0.15) is 0 Å². The lowest BCUT2D eigenvalue weighted by Gasteiger charge is -2.10. The summed E-state index contributed by atoms with van der Waals surface area (Å²) >= 11 is 0. The number of nitrogens with zero attached hydrogens (tertiary/aromatic N) is 3. The van der Waals surface area contributed by atoms with Crippen molar-refractivity contribution in [3.63, 3.8) is 0 Å². The molecule has 4 heteroatoms. The summed E-state index contributed by atoms with van der Waals surface area (Å²) < 4.78 is 1.95. The van der Waals surface area contributed by atoms with Crippen LogP contribution in [0.15, 0.2) is 0 Å². The fourth-order valence-corrected chi connectivity index (χ4v) is 1.41. The van der Waals surface area contributed by atoms with E-state index in [1.807, 2.05) is 4.68 Å². The van der Waals surface area contributed by atoms with E-state index in [9.17, 15) is 0 Å². The van der Waals surface area contributed by atoms with E-state index in [-0.39, 0.29) is 0 Å². The second-order valence-electron chi connectivity index (χ2n) is 3.87. The van der Waals surface area contributed by atoms with E-state index in [4.69, 9.17) is 5.73 Å². The molecule has 0 amide bonds. The predicted molar refractivity (Wildman–Crippen MR) is 57.9 cm³/mol. The zero-order chi connectivity index (χ0) is 10.6. The number of aromatic nitrogens is 3. The van der Waals surface area contributed by atoms with Crippen molar-refractivity contribution in [2.75, 3.05) is 5.73 Å². The minimum absolute atomic E-state index is 0.593. The van der Waals surface area contributed by atoms with Crippen LogP contribution < -0.4 is 5.73 Å². The molecule has 0 aliphatic heterocycles. The molecular formula is C10H20N4. The van der Waals surface area contributed by atoms with Gasteiger partial charge < -0.3 is 5.73 Å². The summed E-state index contributed by atoms with van der Waals surface area (Å²) in [5.41, 5.74) is 6.84. The molecule has 0 spiro atoms. The molecule has 0 fully saturated rings. The molecule has 0 radical (unpaired) electrons. The van der Waals surface area contributed by atoms with Crippen molar-refractivity contribution in [3.8, 4) is 0 Å². The molecular weight excluding hydrogens is 176 g/mol. The van der Waals surface area contributed by atoms with Gasteiger partial charge in [-0.05, 0) is 12.3 Å². The monoisotopic (exact) mass is 196 g/mol. The quantitative estimate of drug-likeness (QED) is 0.782. The molecule has 0 saturated carbocycles. The Morgan fingerprint density at radius 3 is 2.71 bits per heavy atom. The van der Waals surface area contributed by atoms with E-state index in [0.717, 1.165) is 31.5 Å². The molecule has 0 saturated heterocycles. The number of nitrogens with two attached hydrogens (primary N) is 1. The SMILES string of the molecule is CCCc1c(N)nnn1CC(C)CC. The van der Waals surface area contributed by atoms with Crippen molar-refractivity contribution in [2.24, 2.45) is 5.92 Å². The average Bonchev–Trinajstić information content (AvgIpc) is 2.50. The highest BCUT2D eigenvalue weighted by atomic mass is 15.4. The molecule has 4 nitrogen and oxygen atoms in total. The average molecular weight is 196 g/mol. The van der Waals surface area contributed by atoms with Crippen LogP contribution in [0, 0.1) is 5.92 Å². The first kappa shape index (κ1) is 11.0. The molecule has 0 aromatic carbocycles. The van der Waals surface area contributed by atoms with Crippen molar-refractivity contribution < 1.29 is 0 Å². The maximum atomic E-state index is 5.75. The highest BCUT2D eigenvalue weighted by Crippen LogP contribution is 2.13. The number of rotatable bonds is 5. The number of nitrogen functional groups attached to an aromatic ring is 1. The Morgan fingerprint density at radius 1 is 1.43 bits per heavy atom. The van der Waals surface area contributed by atoms with Gasteiger partial charge >= 0.3 is 0 Å². The summed E-state index contributed by atoms with van der Waals surface area (Å²) in [6.07, 6.45) is 3.21. The fourth-order valence-electron chi connectivity index (χ4n) is 1.41. The van der Waals surface area contributed by atoms with Gasteiger partial charge in [-0.15, -0.1) is 5.10 Å². The first-order valence-electron chi connectivity index (χ1n) is 5.36. The van der Waals surface area contributed by atoms with Gasteiger partial charge in [0.05, 0.1) is 5.69 Å². The van der Waals surface area contributed by atoms with Crippen LogP contribution in [0.2, 0.25) is 0 Å². The molecule has 1 heterocycles. The van der Waals surface area contributed by atoms with Crippen molar-refractivity contribution in [1.29, 1.82) is 0 Å². The Hall–Kier alpha value is -1.06. The number of anilines is 1. The Labute approximate surface area is 85.5 Å². The smallest absolute Gasteiger partial charge is 0.169 e. The number of hydrogen-bond donors (Lipinski definition) is 1. The molecule has 2 N–H and O–H groups in total. The normalized spacial score (nSPS) is 13.1. The summed E-state index contributed by atoms with van der Waals surface area (Å²) in [5.74, 6) is 1.22. The Balaban J connectivity index is 2.75. The van der Waals surface area contributed by atoms with E-state index < -0.39 is 0 Å². The van der Waals surface area contributed by atoms with Crippen LogP contribution in [0.3, 0.4) is 0 Å². The van der Waals surface area contributed by atoms with E-state index in [1.54, 1.807) is 0 Å². The molecule has 0 bridgehead atoms. The van der Waals surface area contributed by atoms with Crippen molar-refractivity contribution in [3.05, 3.63) is 5.69 Å². The van der Waals surface area contributed by atoms with E-state index in [1.165, 1.54) is 0 Å². The second-order valence-corrected chi connectivity index (χ2v) is 3.87. The van der Waals surface area contributed by atoms with Gasteiger partial charge in [-0.1, -0.05) is 38.8 Å². The van der Waals surface area contributed by atoms with Crippen LogP contribution in [0.4, 0.5) is 5.82 Å². The van der Waals surface area contributed by atoms with Gasteiger partial charge in [0.2, 0.25) is 0 Å². The highest BCUT2D eigenvalue weighted by molar-refractivity contribution is 5.32. The first-order valence-corrected chi connectivity index (χ1v) is 5.36. The topological polar surface area (TPSA) is 56.7 Å². The predicted octanol–water partition coefficient (Wildman–Crippen LogP) is 1.86. The van der Waals surface area contributed by atoms with Gasteiger partial charge in [-0.25, -0.2) is 4.68 Å². The van der Waals surface area contributed by atoms with Crippen LogP contribution in [0.25, 0.3) is 0 Å². The highest BCUT2D eigenvalue weighted by Gasteiger charge is 2.10. The van der Waals surface area contributed by atoms with Gasteiger partial charge in [0, 0.05) is 6.54 Å². The van der Waals surface area contributed by atoms with Crippen molar-refractivity contribution >= 4 is 5.82 Å². The lowest BCUT2D eigenvalue weighted by molar-refractivity contribution is 0.420. The number of hydrogen-bond acceptors (Lipinski definition) is 3. The third-order valence-corrected chi connectivity index (χ3v) is 2.54. The Bertz CT molecular complexity index is 280. The van der Waals surface area contributed by atoms with E-state index in [0.29, 0.717) is 11.7 Å². The van der Waals surface area contributed by atoms with Crippen LogP contribution >= 0.6 is 0 Å². The second kappa shape index (κ2) is 4.98. The first-order chi connectivity index (χ1) is 6.69. The molecule has 1 unspecified atom stereocenters. The van der Waals surface area contributed by atoms with Crippen molar-refractivity contribution in [2.45, 2.75) is 46.6 Å². The molecule has 14 heavy (non-hydrogen) atoms. The maximum Gasteiger partial charge on any atom is 0.169 e. The van der Waals surface area contributed by atoms with E-state index in [2.05, 4.69) is 31.1 Å². The molecule has 0 aliphatic rings.